The van der Waals surface area contributed by atoms with Gasteiger partial charge >= 0.3 is 11.9 Å². The first-order valence-corrected chi connectivity index (χ1v) is 28.8. The largest absolute Gasteiger partial charge is 0.465 e. The van der Waals surface area contributed by atoms with Gasteiger partial charge in [-0.2, -0.15) is 14.9 Å². The van der Waals surface area contributed by atoms with Crippen molar-refractivity contribution in [1.29, 1.82) is 0 Å². The number of ketones is 2. The number of morpholine rings is 2. The third-order valence-electron chi connectivity index (χ3n) is 14.8. The molecule has 6 heterocycles. The summed E-state index contributed by atoms with van der Waals surface area (Å²) in [5.41, 5.74) is 16.2. The number of H-pyrrole nitrogens is 1. The zero-order valence-electron chi connectivity index (χ0n) is 46.7. The number of nitrogens with zero attached hydrogens (tertiary/aromatic N) is 5. The number of nitrogens with two attached hydrogens (primary N) is 1. The Kier molecular flexibility index (Phi) is 25.5. The lowest BCUT2D eigenvalue weighted by Gasteiger charge is -2.33. The van der Waals surface area contributed by atoms with E-state index in [1.54, 1.807) is 18.5 Å². The summed E-state index contributed by atoms with van der Waals surface area (Å²) in [6.45, 7) is 15.9. The van der Waals surface area contributed by atoms with Gasteiger partial charge in [0.25, 0.3) is 5.91 Å². The van der Waals surface area contributed by atoms with Crippen molar-refractivity contribution in [2.24, 2.45) is 0 Å². The molecule has 3 N–H and O–H groups in total. The molecule has 17 nitrogen and oxygen atoms in total. The standard InChI is InChI=1S/C24H29N3O2.C15H19N3.C10H17NO4.C6H9ClO3.C5H10O/c1-17-16-20-21(18-8-4-2-5-9-18)22(19-10-6-3-7-11-19)25-27(20)24(28)23(17)26-12-14-29-15-13-26;16-15-13(11-7-3-1-4-8-11)14(17-18-15)12-9-5-2-6-10-12;1-3-15-10(13)9(8(2)12)11-4-6-14-7-5-11;1-3-10-6(9)5(7)4(2)8;1-2-4-6-5-3-1/h3,6-7,10-11,18H,2,4-5,8-9,12-16H2,1H3;2,5-6,9-11H,1,3-4,7-8H2,(H3,16,17,18);9H,3-7H2,1-2H3;5H,3H2,1-2H3;1-5H2. The maximum Gasteiger partial charge on any atom is 0.331 e. The molecule has 2 atom stereocenters. The highest BCUT2D eigenvalue weighted by Gasteiger charge is 2.36. The number of esters is 2. The first-order valence-electron chi connectivity index (χ1n) is 28.4. The molecule has 5 fully saturated rings. The molecule has 0 bridgehead atoms. The van der Waals surface area contributed by atoms with Gasteiger partial charge in [0.1, 0.15) is 11.5 Å². The Morgan fingerprint density at radius 1 is 0.679 bits per heavy atom. The van der Waals surface area contributed by atoms with Crippen molar-refractivity contribution < 1.29 is 47.7 Å². The number of halogens is 1. The van der Waals surface area contributed by atoms with E-state index in [0.717, 1.165) is 61.1 Å². The average molecular weight is 1100 g/mol. The maximum atomic E-state index is 13.6. The molecule has 3 saturated heterocycles. The van der Waals surface area contributed by atoms with E-state index in [4.69, 9.17) is 41.4 Å². The number of hydrogen-bond acceptors (Lipinski definition) is 15. The highest BCUT2D eigenvalue weighted by Crippen LogP contribution is 2.43. The van der Waals surface area contributed by atoms with Crippen LogP contribution in [0.1, 0.15) is 152 Å². The number of aromatic nitrogens is 4. The summed E-state index contributed by atoms with van der Waals surface area (Å²) in [6, 6.07) is 20.0. The van der Waals surface area contributed by atoms with Crippen LogP contribution in [0.2, 0.25) is 0 Å². The van der Waals surface area contributed by atoms with Crippen molar-refractivity contribution in [2.75, 3.05) is 84.8 Å². The number of nitrogen functional groups attached to an aromatic ring is 1. The minimum Gasteiger partial charge on any atom is -0.465 e. The lowest BCUT2D eigenvalue weighted by Crippen LogP contribution is -2.51. The Bertz CT molecular complexity index is 2530. The minimum absolute atomic E-state index is 0.0323. The van der Waals surface area contributed by atoms with Gasteiger partial charge in [-0.05, 0) is 103 Å². The number of aromatic amines is 1. The van der Waals surface area contributed by atoms with Crippen LogP contribution in [0.25, 0.3) is 22.5 Å². The fraction of sp³-hybridized carbons (Fsp3) is 0.583. The molecule has 426 valence electrons. The number of carbonyl (C=O) groups excluding carboxylic acids is 5. The zero-order chi connectivity index (χ0) is 55.8. The Labute approximate surface area is 466 Å². The summed E-state index contributed by atoms with van der Waals surface area (Å²) in [6.07, 6.45) is 17.5. The maximum absolute atomic E-state index is 13.6. The van der Waals surface area contributed by atoms with E-state index in [2.05, 4.69) is 75.3 Å². The zero-order valence-corrected chi connectivity index (χ0v) is 47.5. The number of rotatable bonds is 12. The fourth-order valence-corrected chi connectivity index (χ4v) is 11.0. The van der Waals surface area contributed by atoms with Crippen molar-refractivity contribution in [1.82, 2.24) is 29.8 Å². The fourth-order valence-electron chi connectivity index (χ4n) is 10.9. The molecule has 18 heteroatoms. The van der Waals surface area contributed by atoms with Crippen LogP contribution in [0.4, 0.5) is 5.82 Å². The first kappa shape index (κ1) is 61.5. The van der Waals surface area contributed by atoms with Crippen LogP contribution in [0.15, 0.2) is 71.9 Å². The van der Waals surface area contributed by atoms with E-state index in [1.165, 1.54) is 120 Å². The third kappa shape index (κ3) is 17.4. The molecule has 2 saturated carbocycles. The van der Waals surface area contributed by atoms with Crippen LogP contribution in [0.5, 0.6) is 0 Å². The molecule has 2 unspecified atom stereocenters. The van der Waals surface area contributed by atoms with Crippen LogP contribution in [0, 0.1) is 0 Å². The van der Waals surface area contributed by atoms with E-state index in [0.29, 0.717) is 63.8 Å². The van der Waals surface area contributed by atoms with Gasteiger partial charge in [0.2, 0.25) is 0 Å². The van der Waals surface area contributed by atoms with Gasteiger partial charge in [0.15, 0.2) is 23.0 Å². The number of alkyl halides is 1. The van der Waals surface area contributed by atoms with E-state index in [1.807, 2.05) is 17.0 Å². The normalized spacial score (nSPS) is 18.8. The Balaban J connectivity index is 0.000000173. The highest BCUT2D eigenvalue weighted by atomic mass is 35.5. The molecule has 2 aromatic carbocycles. The smallest absolute Gasteiger partial charge is 0.331 e. The molecular weight excluding hydrogens is 1010 g/mol. The van der Waals surface area contributed by atoms with E-state index in [-0.39, 0.29) is 24.1 Å². The molecule has 0 amide bonds. The second-order valence-electron chi connectivity index (χ2n) is 20.4. The predicted molar refractivity (Wildman–Crippen MR) is 302 cm³/mol. The Morgan fingerprint density at radius 2 is 1.18 bits per heavy atom. The van der Waals surface area contributed by atoms with Gasteiger partial charge in [0.05, 0.1) is 56.7 Å². The van der Waals surface area contributed by atoms with Crippen molar-refractivity contribution in [3.8, 4) is 22.5 Å². The minimum atomic E-state index is -1.14. The molecule has 78 heavy (non-hydrogen) atoms. The van der Waals surface area contributed by atoms with Crippen LogP contribution < -0.4 is 5.73 Å². The summed E-state index contributed by atoms with van der Waals surface area (Å²) in [5.74, 6) is 0.116. The lowest BCUT2D eigenvalue weighted by molar-refractivity contribution is -0.155. The molecule has 4 aromatic rings. The monoisotopic (exact) mass is 1100 g/mol. The quantitative estimate of drug-likeness (QED) is 0.0768. The number of Topliss-reactive ketones (excluding diaryl/α,β-unsaturated/α-hetero) is 2. The van der Waals surface area contributed by atoms with Crippen molar-refractivity contribution in [3.63, 3.8) is 0 Å². The first-order chi connectivity index (χ1) is 37.9. The van der Waals surface area contributed by atoms with Gasteiger partial charge in [-0.15, -0.1) is 11.6 Å². The number of anilines is 1. The number of ether oxygens (including phenoxy) is 5. The van der Waals surface area contributed by atoms with Gasteiger partial charge in [-0.1, -0.05) is 99.2 Å². The van der Waals surface area contributed by atoms with Crippen LogP contribution in [0.3, 0.4) is 0 Å². The number of benzene rings is 2. The third-order valence-corrected chi connectivity index (χ3v) is 15.3. The molecule has 6 aliphatic rings. The van der Waals surface area contributed by atoms with E-state index in [9.17, 15) is 24.0 Å². The van der Waals surface area contributed by atoms with Crippen molar-refractivity contribution in [2.45, 2.75) is 148 Å². The summed E-state index contributed by atoms with van der Waals surface area (Å²) >= 11 is 5.32. The van der Waals surface area contributed by atoms with Gasteiger partial charge in [0, 0.05) is 62.5 Å². The highest BCUT2D eigenvalue weighted by molar-refractivity contribution is 6.40. The van der Waals surface area contributed by atoms with Crippen LogP contribution in [-0.4, -0.2) is 150 Å². The van der Waals surface area contributed by atoms with E-state index >= 15 is 0 Å². The van der Waals surface area contributed by atoms with E-state index < -0.39 is 23.4 Å². The predicted octanol–water partition coefficient (Wildman–Crippen LogP) is 9.88. The second-order valence-corrected chi connectivity index (χ2v) is 20.9. The SMILES string of the molecule is C1CCOCC1.CC1=C(N2CCOCC2)C(=O)n2nc(-c3ccccc3)c(C3CCCCC3)c2C1.CCOC(=O)C(C(C)=O)N1CCOCC1.CCOC(=O)C(Cl)C(C)=O.Nc1n[nH]c(-c2ccccc2)c1C1CCCCC1. The number of nitrogens with one attached hydrogen (secondary N) is 1. The summed E-state index contributed by atoms with van der Waals surface area (Å²) in [5, 5.41) is 11.1. The van der Waals surface area contributed by atoms with Gasteiger partial charge < -0.3 is 34.3 Å². The Hall–Kier alpha value is -5.72. The molecule has 0 spiro atoms. The number of fused-ring (bicyclic) bond motifs is 1. The molecular formula is C60H84ClN7O10. The van der Waals surface area contributed by atoms with Crippen LogP contribution in [-0.2, 0) is 49.3 Å². The molecule has 4 aliphatic heterocycles. The summed E-state index contributed by atoms with van der Waals surface area (Å²) in [7, 11) is 0. The summed E-state index contributed by atoms with van der Waals surface area (Å²) < 4.78 is 26.8. The van der Waals surface area contributed by atoms with Gasteiger partial charge in [-0.3, -0.25) is 24.4 Å². The molecule has 0 radical (unpaired) electrons. The van der Waals surface area contributed by atoms with Crippen LogP contribution >= 0.6 is 11.6 Å². The second kappa shape index (κ2) is 32.4. The van der Waals surface area contributed by atoms with Crippen molar-refractivity contribution >= 4 is 46.8 Å². The number of hydrogen-bond donors (Lipinski definition) is 2. The Morgan fingerprint density at radius 3 is 1.68 bits per heavy atom. The topological polar surface area (TPSA) is 211 Å². The van der Waals surface area contributed by atoms with Gasteiger partial charge in [-0.25, -0.2) is 9.59 Å². The molecule has 10 rings (SSSR count). The van der Waals surface area contributed by atoms with Crippen molar-refractivity contribution in [3.05, 3.63) is 88.8 Å². The molecule has 2 aliphatic carbocycles. The average Bonchev–Trinajstić information content (AvgIpc) is 4.07. The lowest BCUT2D eigenvalue weighted by atomic mass is 9.81. The number of allylic oxidation sites excluding steroid dienone is 2. The molecule has 2 aromatic heterocycles. The number of carbonyl (C=O) groups is 5. The summed E-state index contributed by atoms with van der Waals surface area (Å²) in [4.78, 5) is 61.5.